The number of carbonyl (C=O) groups excluding carboxylic acids is 1. The van der Waals surface area contributed by atoms with Gasteiger partial charge in [-0.25, -0.2) is 0 Å². The summed E-state index contributed by atoms with van der Waals surface area (Å²) in [6, 6.07) is 8.48. The Labute approximate surface area is 133 Å². The van der Waals surface area contributed by atoms with Crippen LogP contribution in [0.3, 0.4) is 0 Å². The van der Waals surface area contributed by atoms with Gasteiger partial charge in [0.05, 0.1) is 16.7 Å². The van der Waals surface area contributed by atoms with Gasteiger partial charge in [-0.2, -0.15) is 0 Å². The van der Waals surface area contributed by atoms with Crippen LogP contribution in [-0.4, -0.2) is 17.0 Å². The number of carbonyl (C=O) groups is 1. The van der Waals surface area contributed by atoms with E-state index in [1.165, 1.54) is 0 Å². The van der Waals surface area contributed by atoms with Gasteiger partial charge in [-0.05, 0) is 44.2 Å². The minimum Gasteiger partial charge on any atom is -0.489 e. The zero-order valence-electron chi connectivity index (χ0n) is 11.6. The molecule has 1 aromatic heterocycles. The topological polar surface area (TPSA) is 54.1 Å². The smallest absolute Gasteiger partial charge is 0.258 e. The Morgan fingerprint density at radius 1 is 1.38 bits per heavy atom. The number of benzene rings is 1. The third-order valence-electron chi connectivity index (χ3n) is 2.62. The molecule has 0 aliphatic rings. The van der Waals surface area contributed by atoms with Crippen molar-refractivity contribution in [3.63, 3.8) is 0 Å². The lowest BCUT2D eigenvalue weighted by Gasteiger charge is -2.12. The zero-order chi connectivity index (χ0) is 15.4. The number of anilines is 1. The number of nitrogens with one attached hydrogen (secondary N) is 2. The van der Waals surface area contributed by atoms with Crippen molar-refractivity contribution in [1.82, 2.24) is 4.98 Å². The molecule has 0 aliphatic carbocycles. The number of hydrogen-bond donors (Lipinski definition) is 2. The maximum Gasteiger partial charge on any atom is 0.258 e. The Morgan fingerprint density at radius 3 is 2.76 bits per heavy atom. The highest BCUT2D eigenvalue weighted by Gasteiger charge is 2.10. The Kier molecular flexibility index (Phi) is 4.98. The molecule has 0 bridgehead atoms. The number of halogens is 1. The standard InChI is InChI=1S/C15H15ClN2O2S/c1-9(2)20-13-6-5-10(8-12(13)16)18-14(19)11-4-3-7-17-15(11)21/h3-9H,1-2H3,(H,17,21)(H,18,19). The molecule has 1 amide bonds. The number of amides is 1. The Balaban J connectivity index is 2.17. The van der Waals surface area contributed by atoms with E-state index >= 15 is 0 Å². The van der Waals surface area contributed by atoms with Gasteiger partial charge in [0.15, 0.2) is 0 Å². The van der Waals surface area contributed by atoms with E-state index < -0.39 is 0 Å². The molecule has 2 N–H and O–H groups in total. The second-order valence-electron chi connectivity index (χ2n) is 4.68. The van der Waals surface area contributed by atoms with Gasteiger partial charge in [-0.3, -0.25) is 4.79 Å². The number of pyridine rings is 1. The van der Waals surface area contributed by atoms with Crippen molar-refractivity contribution in [2.24, 2.45) is 0 Å². The van der Waals surface area contributed by atoms with Crippen LogP contribution in [0.4, 0.5) is 5.69 Å². The normalized spacial score (nSPS) is 10.5. The molecule has 1 heterocycles. The number of rotatable bonds is 4. The molecular formula is C15H15ClN2O2S. The van der Waals surface area contributed by atoms with Crippen LogP contribution in [0.5, 0.6) is 5.75 Å². The van der Waals surface area contributed by atoms with Crippen LogP contribution in [0.1, 0.15) is 24.2 Å². The fourth-order valence-corrected chi connectivity index (χ4v) is 2.18. The summed E-state index contributed by atoms with van der Waals surface area (Å²) in [6.45, 7) is 3.84. The highest BCUT2D eigenvalue weighted by molar-refractivity contribution is 7.71. The monoisotopic (exact) mass is 322 g/mol. The zero-order valence-corrected chi connectivity index (χ0v) is 13.2. The Hall–Kier alpha value is -1.85. The summed E-state index contributed by atoms with van der Waals surface area (Å²) < 4.78 is 5.93. The molecule has 2 rings (SSSR count). The summed E-state index contributed by atoms with van der Waals surface area (Å²) in [5.41, 5.74) is 0.991. The van der Waals surface area contributed by atoms with E-state index in [9.17, 15) is 4.79 Å². The van der Waals surface area contributed by atoms with E-state index in [0.717, 1.165) is 0 Å². The largest absolute Gasteiger partial charge is 0.489 e. The number of ether oxygens (including phenoxy) is 1. The van der Waals surface area contributed by atoms with Crippen LogP contribution in [0.15, 0.2) is 36.5 Å². The van der Waals surface area contributed by atoms with Crippen LogP contribution < -0.4 is 10.1 Å². The first-order valence-electron chi connectivity index (χ1n) is 6.42. The fourth-order valence-electron chi connectivity index (χ4n) is 1.73. The van der Waals surface area contributed by atoms with Crippen molar-refractivity contribution in [3.05, 3.63) is 51.8 Å². The molecule has 0 atom stereocenters. The second kappa shape index (κ2) is 6.74. The third-order valence-corrected chi connectivity index (χ3v) is 3.25. The predicted octanol–water partition coefficient (Wildman–Crippen LogP) is 4.44. The van der Waals surface area contributed by atoms with E-state index in [0.29, 0.717) is 26.7 Å². The minimum atomic E-state index is -0.287. The van der Waals surface area contributed by atoms with Gasteiger partial charge in [0.25, 0.3) is 5.91 Å². The summed E-state index contributed by atoms with van der Waals surface area (Å²) in [5, 5.41) is 3.20. The van der Waals surface area contributed by atoms with Crippen molar-refractivity contribution in [1.29, 1.82) is 0 Å². The van der Waals surface area contributed by atoms with Gasteiger partial charge in [0.2, 0.25) is 0 Å². The maximum atomic E-state index is 12.1. The van der Waals surface area contributed by atoms with Crippen LogP contribution >= 0.6 is 23.8 Å². The van der Waals surface area contributed by atoms with Crippen LogP contribution in [-0.2, 0) is 0 Å². The van der Waals surface area contributed by atoms with Gasteiger partial charge in [-0.1, -0.05) is 23.8 Å². The summed E-state index contributed by atoms with van der Waals surface area (Å²) in [7, 11) is 0. The first-order valence-corrected chi connectivity index (χ1v) is 7.21. The average molecular weight is 323 g/mol. The number of aromatic nitrogens is 1. The lowest BCUT2D eigenvalue weighted by Crippen LogP contribution is -2.13. The van der Waals surface area contributed by atoms with Crippen molar-refractivity contribution in [2.45, 2.75) is 20.0 Å². The van der Waals surface area contributed by atoms with Crippen molar-refractivity contribution >= 4 is 35.4 Å². The van der Waals surface area contributed by atoms with Gasteiger partial charge < -0.3 is 15.0 Å². The molecule has 21 heavy (non-hydrogen) atoms. The lowest BCUT2D eigenvalue weighted by atomic mass is 10.2. The summed E-state index contributed by atoms with van der Waals surface area (Å²) in [4.78, 5) is 15.0. The highest BCUT2D eigenvalue weighted by Crippen LogP contribution is 2.28. The van der Waals surface area contributed by atoms with E-state index in [-0.39, 0.29) is 12.0 Å². The number of aromatic amines is 1. The first kappa shape index (κ1) is 15.5. The molecule has 1 aromatic carbocycles. The van der Waals surface area contributed by atoms with E-state index in [1.807, 2.05) is 13.8 Å². The van der Waals surface area contributed by atoms with Gasteiger partial charge >= 0.3 is 0 Å². The van der Waals surface area contributed by atoms with Crippen molar-refractivity contribution < 1.29 is 9.53 Å². The highest BCUT2D eigenvalue weighted by atomic mass is 35.5. The quantitative estimate of drug-likeness (QED) is 0.818. The molecule has 110 valence electrons. The summed E-state index contributed by atoms with van der Waals surface area (Å²) in [5.74, 6) is 0.298. The fraction of sp³-hybridized carbons (Fsp3) is 0.200. The number of H-pyrrole nitrogens is 1. The molecule has 0 spiro atoms. The van der Waals surface area contributed by atoms with E-state index in [1.54, 1.807) is 36.5 Å². The Morgan fingerprint density at radius 2 is 2.14 bits per heavy atom. The molecule has 6 heteroatoms. The Bertz CT molecular complexity index is 713. The maximum absolute atomic E-state index is 12.1. The molecule has 0 aliphatic heterocycles. The van der Waals surface area contributed by atoms with Crippen molar-refractivity contribution in [3.8, 4) is 5.75 Å². The average Bonchev–Trinajstić information content (AvgIpc) is 2.42. The minimum absolute atomic E-state index is 0.0329. The second-order valence-corrected chi connectivity index (χ2v) is 5.49. The SMILES string of the molecule is CC(C)Oc1ccc(NC(=O)c2ccc[nH]c2=S)cc1Cl. The van der Waals surface area contributed by atoms with Gasteiger partial charge in [-0.15, -0.1) is 0 Å². The molecule has 0 saturated carbocycles. The van der Waals surface area contributed by atoms with Crippen LogP contribution in [0.2, 0.25) is 5.02 Å². The summed E-state index contributed by atoms with van der Waals surface area (Å²) >= 11 is 11.2. The van der Waals surface area contributed by atoms with E-state index in [2.05, 4.69) is 10.3 Å². The molecule has 0 radical (unpaired) electrons. The van der Waals surface area contributed by atoms with Crippen LogP contribution in [0.25, 0.3) is 0 Å². The van der Waals surface area contributed by atoms with Gasteiger partial charge in [0.1, 0.15) is 10.4 Å². The van der Waals surface area contributed by atoms with Crippen molar-refractivity contribution in [2.75, 3.05) is 5.32 Å². The predicted molar refractivity (Wildman–Crippen MR) is 86.8 cm³/mol. The molecule has 4 nitrogen and oxygen atoms in total. The molecule has 0 fully saturated rings. The van der Waals surface area contributed by atoms with Crippen LogP contribution in [0, 0.1) is 4.64 Å². The lowest BCUT2D eigenvalue weighted by molar-refractivity contribution is 0.102. The van der Waals surface area contributed by atoms with E-state index in [4.69, 9.17) is 28.6 Å². The molecule has 0 unspecified atom stereocenters. The molecule has 0 saturated heterocycles. The van der Waals surface area contributed by atoms with Gasteiger partial charge in [0, 0.05) is 11.9 Å². The summed E-state index contributed by atoms with van der Waals surface area (Å²) in [6.07, 6.45) is 1.71. The molecular weight excluding hydrogens is 308 g/mol. The third kappa shape index (κ3) is 4.06. The number of hydrogen-bond acceptors (Lipinski definition) is 3. The molecule has 2 aromatic rings. The first-order chi connectivity index (χ1) is 9.97.